The first kappa shape index (κ1) is 16.5. The van der Waals surface area contributed by atoms with Crippen LogP contribution < -0.4 is 5.32 Å². The Kier molecular flexibility index (Phi) is 5.84. The molecule has 1 N–H and O–H groups in total. The first-order chi connectivity index (χ1) is 10.1. The number of carbonyl (C=O) groups is 1. The van der Waals surface area contributed by atoms with Crippen LogP contribution >= 0.6 is 0 Å². The number of ether oxygens (including phenoxy) is 1. The second-order valence-electron chi connectivity index (χ2n) is 6.41. The summed E-state index contributed by atoms with van der Waals surface area (Å²) in [6.07, 6.45) is 1.69. The Balaban J connectivity index is 1.94. The number of nitrogens with zero attached hydrogens (tertiary/aromatic N) is 3. The van der Waals surface area contributed by atoms with Crippen LogP contribution in [0.1, 0.15) is 19.8 Å². The quantitative estimate of drug-likeness (QED) is 0.816. The maximum atomic E-state index is 11.7. The van der Waals surface area contributed by atoms with Crippen molar-refractivity contribution in [3.63, 3.8) is 0 Å². The second-order valence-corrected chi connectivity index (χ2v) is 6.41. The Labute approximate surface area is 128 Å². The van der Waals surface area contributed by atoms with Gasteiger partial charge < -0.3 is 19.9 Å². The Morgan fingerprint density at radius 3 is 2.19 bits per heavy atom. The molecule has 2 saturated heterocycles. The van der Waals surface area contributed by atoms with Crippen molar-refractivity contribution in [2.24, 2.45) is 0 Å². The molecule has 0 saturated carbocycles. The summed E-state index contributed by atoms with van der Waals surface area (Å²) in [4.78, 5) is 19.0. The van der Waals surface area contributed by atoms with Crippen molar-refractivity contribution in [2.45, 2.75) is 25.3 Å². The van der Waals surface area contributed by atoms with Crippen LogP contribution in [-0.2, 0) is 4.74 Å². The summed E-state index contributed by atoms with van der Waals surface area (Å²) in [5, 5.41) is 3.13. The molecular weight excluding hydrogens is 268 g/mol. The number of piperidine rings is 1. The maximum absolute atomic E-state index is 11.7. The van der Waals surface area contributed by atoms with Gasteiger partial charge in [0.1, 0.15) is 0 Å². The monoisotopic (exact) mass is 298 g/mol. The van der Waals surface area contributed by atoms with E-state index < -0.39 is 0 Å². The molecule has 0 aromatic heterocycles. The van der Waals surface area contributed by atoms with Crippen molar-refractivity contribution < 1.29 is 9.53 Å². The standard InChI is InChI=1S/C15H30N4O2/c1-4-18-9-11-19(12-10-18)13-15(16-14(20)21-3)5-7-17(2)8-6-15/h4-13H2,1-3H3,(H,16,20). The number of hydrogen-bond acceptors (Lipinski definition) is 5. The van der Waals surface area contributed by atoms with Crippen molar-refractivity contribution in [1.29, 1.82) is 0 Å². The van der Waals surface area contributed by atoms with Crippen molar-refractivity contribution in [2.75, 3.05) is 66.5 Å². The van der Waals surface area contributed by atoms with E-state index in [0.29, 0.717) is 0 Å². The van der Waals surface area contributed by atoms with Gasteiger partial charge in [-0.2, -0.15) is 0 Å². The van der Waals surface area contributed by atoms with E-state index in [1.165, 1.54) is 7.11 Å². The van der Waals surface area contributed by atoms with Crippen LogP contribution in [0.5, 0.6) is 0 Å². The SMILES string of the molecule is CCN1CCN(CC2(NC(=O)OC)CCN(C)CC2)CC1. The molecule has 1 amide bonds. The first-order valence-corrected chi connectivity index (χ1v) is 8.06. The van der Waals surface area contributed by atoms with Crippen molar-refractivity contribution in [1.82, 2.24) is 20.0 Å². The molecule has 0 bridgehead atoms. The predicted molar refractivity (Wildman–Crippen MR) is 83.6 cm³/mol. The molecule has 6 nitrogen and oxygen atoms in total. The zero-order chi connectivity index (χ0) is 15.3. The molecule has 0 aromatic carbocycles. The lowest BCUT2D eigenvalue weighted by Gasteiger charge is -2.45. The Hall–Kier alpha value is -0.850. The van der Waals surface area contributed by atoms with E-state index in [1.54, 1.807) is 0 Å². The number of piperazine rings is 1. The number of likely N-dealkylation sites (tertiary alicyclic amines) is 1. The van der Waals surface area contributed by atoms with Gasteiger partial charge in [-0.15, -0.1) is 0 Å². The summed E-state index contributed by atoms with van der Waals surface area (Å²) in [7, 11) is 3.58. The van der Waals surface area contributed by atoms with Gasteiger partial charge >= 0.3 is 6.09 Å². The van der Waals surface area contributed by atoms with E-state index in [4.69, 9.17) is 4.74 Å². The van der Waals surface area contributed by atoms with Crippen LogP contribution in [-0.4, -0.2) is 92.8 Å². The van der Waals surface area contributed by atoms with E-state index in [-0.39, 0.29) is 11.6 Å². The van der Waals surface area contributed by atoms with Gasteiger partial charge in [0.05, 0.1) is 12.6 Å². The number of rotatable bonds is 4. The smallest absolute Gasteiger partial charge is 0.407 e. The van der Waals surface area contributed by atoms with Gasteiger partial charge in [0.15, 0.2) is 0 Å². The highest BCUT2D eigenvalue weighted by Gasteiger charge is 2.37. The van der Waals surface area contributed by atoms with Gasteiger partial charge in [0.25, 0.3) is 0 Å². The summed E-state index contributed by atoms with van der Waals surface area (Å²) in [6, 6.07) is 0. The van der Waals surface area contributed by atoms with Gasteiger partial charge in [-0.1, -0.05) is 6.92 Å². The van der Waals surface area contributed by atoms with E-state index >= 15 is 0 Å². The molecule has 21 heavy (non-hydrogen) atoms. The molecule has 0 atom stereocenters. The molecule has 0 aromatic rings. The molecule has 0 unspecified atom stereocenters. The van der Waals surface area contributed by atoms with Crippen LogP contribution in [0.4, 0.5) is 4.79 Å². The number of alkyl carbamates (subject to hydrolysis) is 1. The van der Waals surface area contributed by atoms with E-state index in [9.17, 15) is 4.79 Å². The third-order valence-electron chi connectivity index (χ3n) is 4.94. The summed E-state index contributed by atoms with van der Waals surface area (Å²) in [6.45, 7) is 10.8. The Morgan fingerprint density at radius 2 is 1.67 bits per heavy atom. The number of carbonyl (C=O) groups excluding carboxylic acids is 1. The molecule has 6 heteroatoms. The highest BCUT2D eigenvalue weighted by Crippen LogP contribution is 2.24. The summed E-state index contributed by atoms with van der Waals surface area (Å²) < 4.78 is 4.84. The van der Waals surface area contributed by atoms with Crippen LogP contribution in [0, 0.1) is 0 Å². The van der Waals surface area contributed by atoms with Crippen LogP contribution in [0.3, 0.4) is 0 Å². The molecular formula is C15H30N4O2. The van der Waals surface area contributed by atoms with Crippen LogP contribution in [0.15, 0.2) is 0 Å². The lowest BCUT2D eigenvalue weighted by Crippen LogP contribution is -2.62. The first-order valence-electron chi connectivity index (χ1n) is 8.06. The number of nitrogens with one attached hydrogen (secondary N) is 1. The third-order valence-corrected chi connectivity index (χ3v) is 4.94. The second kappa shape index (κ2) is 7.42. The van der Waals surface area contributed by atoms with Crippen LogP contribution in [0.2, 0.25) is 0 Å². The van der Waals surface area contributed by atoms with E-state index in [1.807, 2.05) is 0 Å². The van der Waals surface area contributed by atoms with Crippen LogP contribution in [0.25, 0.3) is 0 Å². The molecule has 2 fully saturated rings. The minimum Gasteiger partial charge on any atom is -0.453 e. The molecule has 2 heterocycles. The van der Waals surface area contributed by atoms with Crippen molar-refractivity contribution in [3.8, 4) is 0 Å². The minimum atomic E-state index is -0.299. The number of likely N-dealkylation sites (N-methyl/N-ethyl adjacent to an activating group) is 1. The fraction of sp³-hybridized carbons (Fsp3) is 0.933. The Morgan fingerprint density at radius 1 is 1.10 bits per heavy atom. The van der Waals surface area contributed by atoms with Gasteiger partial charge in [0, 0.05) is 45.8 Å². The molecule has 2 aliphatic heterocycles. The molecule has 122 valence electrons. The number of hydrogen-bond donors (Lipinski definition) is 1. The molecule has 0 spiro atoms. The number of amides is 1. The van der Waals surface area contributed by atoms with Gasteiger partial charge in [-0.25, -0.2) is 4.79 Å². The average molecular weight is 298 g/mol. The lowest BCUT2D eigenvalue weighted by atomic mass is 9.87. The summed E-state index contributed by atoms with van der Waals surface area (Å²) >= 11 is 0. The number of methoxy groups -OCH3 is 1. The fourth-order valence-electron chi connectivity index (χ4n) is 3.33. The highest BCUT2D eigenvalue weighted by molar-refractivity contribution is 5.68. The van der Waals surface area contributed by atoms with E-state index in [0.717, 1.165) is 65.2 Å². The maximum Gasteiger partial charge on any atom is 0.407 e. The zero-order valence-corrected chi connectivity index (χ0v) is 13.7. The molecule has 2 aliphatic rings. The molecule has 0 aliphatic carbocycles. The normalized spacial score (nSPS) is 24.7. The molecule has 2 rings (SSSR count). The van der Waals surface area contributed by atoms with Gasteiger partial charge in [-0.05, 0) is 26.4 Å². The van der Waals surface area contributed by atoms with Crippen molar-refractivity contribution in [3.05, 3.63) is 0 Å². The van der Waals surface area contributed by atoms with Crippen molar-refractivity contribution >= 4 is 6.09 Å². The van der Waals surface area contributed by atoms with E-state index in [2.05, 4.69) is 34.0 Å². The lowest BCUT2D eigenvalue weighted by molar-refractivity contribution is 0.0674. The highest BCUT2D eigenvalue weighted by atomic mass is 16.5. The zero-order valence-electron chi connectivity index (χ0n) is 13.7. The fourth-order valence-corrected chi connectivity index (χ4v) is 3.33. The average Bonchev–Trinajstić information content (AvgIpc) is 2.51. The van der Waals surface area contributed by atoms with Gasteiger partial charge in [-0.3, -0.25) is 4.90 Å². The summed E-state index contributed by atoms with van der Waals surface area (Å²) in [5.41, 5.74) is -0.131. The Bertz CT molecular complexity index is 335. The topological polar surface area (TPSA) is 48.1 Å². The van der Waals surface area contributed by atoms with Gasteiger partial charge in [0.2, 0.25) is 0 Å². The largest absolute Gasteiger partial charge is 0.453 e. The predicted octanol–water partition coefficient (Wildman–Crippen LogP) is 0.444. The summed E-state index contributed by atoms with van der Waals surface area (Å²) in [5.74, 6) is 0. The molecule has 0 radical (unpaired) electrons. The third kappa shape index (κ3) is 4.56. The minimum absolute atomic E-state index is 0.131.